The average molecular weight is 309 g/mol. The molecule has 2 aromatic rings. The van der Waals surface area contributed by atoms with E-state index in [1.165, 1.54) is 18.2 Å². The third kappa shape index (κ3) is 4.23. The largest absolute Gasteiger partial charge is 0.386 e. The Morgan fingerprint density at radius 1 is 0.909 bits per heavy atom. The maximum atomic E-state index is 13.7. The first kappa shape index (κ1) is 20.0. The second-order valence-electron chi connectivity index (χ2n) is 3.98. The summed E-state index contributed by atoms with van der Waals surface area (Å²) in [6.45, 7) is 11.5. The fourth-order valence-corrected chi connectivity index (χ4v) is 1.97. The molecule has 0 radical (unpaired) electrons. The molecule has 0 aliphatic heterocycles. The predicted octanol–water partition coefficient (Wildman–Crippen LogP) is 5.13. The maximum Gasteiger partial charge on any atom is 0.135 e. The highest BCUT2D eigenvalue weighted by Gasteiger charge is 2.18. The van der Waals surface area contributed by atoms with Crippen LogP contribution in [0.5, 0.6) is 0 Å². The molecule has 1 N–H and O–H groups in total. The van der Waals surface area contributed by atoms with Gasteiger partial charge in [0, 0.05) is 12.6 Å². The molecule has 1 aromatic carbocycles. The molecule has 3 nitrogen and oxygen atoms in total. The number of benzene rings is 1. The van der Waals surface area contributed by atoms with Gasteiger partial charge in [-0.25, -0.2) is 8.78 Å². The standard InChI is InChI=1S/C13H13F2N3.2C2H6/c1-7-12(16-3)8(2)17-18-13(7)11-9(14)5-4-6-10(11)15;2*1-2/h4-6H,1-3H3,(H,16,18);2*1-2H3. The Morgan fingerprint density at radius 2 is 1.41 bits per heavy atom. The van der Waals surface area contributed by atoms with Gasteiger partial charge in [0.1, 0.15) is 17.3 Å². The summed E-state index contributed by atoms with van der Waals surface area (Å²) in [6, 6.07) is 3.74. The van der Waals surface area contributed by atoms with E-state index in [1.54, 1.807) is 20.9 Å². The van der Waals surface area contributed by atoms with Gasteiger partial charge in [-0.3, -0.25) is 0 Å². The lowest BCUT2D eigenvalue weighted by molar-refractivity contribution is 0.588. The highest BCUT2D eigenvalue weighted by atomic mass is 19.1. The molecule has 0 aliphatic carbocycles. The van der Waals surface area contributed by atoms with Crippen molar-refractivity contribution in [2.45, 2.75) is 41.5 Å². The first-order valence-corrected chi connectivity index (χ1v) is 7.52. The Balaban J connectivity index is 0.00000102. The maximum absolute atomic E-state index is 13.7. The summed E-state index contributed by atoms with van der Waals surface area (Å²) in [5.74, 6) is -1.28. The van der Waals surface area contributed by atoms with Crippen molar-refractivity contribution < 1.29 is 8.78 Å². The molecule has 0 atom stereocenters. The smallest absolute Gasteiger partial charge is 0.135 e. The van der Waals surface area contributed by atoms with E-state index in [9.17, 15) is 8.78 Å². The number of aromatic nitrogens is 2. The van der Waals surface area contributed by atoms with Crippen LogP contribution in [-0.2, 0) is 0 Å². The summed E-state index contributed by atoms with van der Waals surface area (Å²) in [7, 11) is 1.73. The van der Waals surface area contributed by atoms with Gasteiger partial charge in [0.05, 0.1) is 16.9 Å². The van der Waals surface area contributed by atoms with Crippen LogP contribution in [0.2, 0.25) is 0 Å². The van der Waals surface area contributed by atoms with Crippen LogP contribution in [0.25, 0.3) is 11.3 Å². The third-order valence-electron chi connectivity index (χ3n) is 2.84. The number of hydrogen-bond donors (Lipinski definition) is 1. The zero-order valence-corrected chi connectivity index (χ0v) is 14.4. The van der Waals surface area contributed by atoms with Gasteiger partial charge >= 0.3 is 0 Å². The van der Waals surface area contributed by atoms with Crippen LogP contribution in [0.15, 0.2) is 18.2 Å². The molecule has 1 heterocycles. The number of nitrogens with one attached hydrogen (secondary N) is 1. The normalized spacial score (nSPS) is 9.14. The number of nitrogens with zero attached hydrogens (tertiary/aromatic N) is 2. The number of hydrogen-bond acceptors (Lipinski definition) is 3. The molecule has 122 valence electrons. The molecule has 0 spiro atoms. The highest BCUT2D eigenvalue weighted by molar-refractivity contribution is 5.71. The third-order valence-corrected chi connectivity index (χ3v) is 2.84. The Morgan fingerprint density at radius 3 is 1.86 bits per heavy atom. The number of rotatable bonds is 2. The number of anilines is 1. The minimum atomic E-state index is -0.640. The Labute approximate surface area is 131 Å². The molecular formula is C17H25F2N3. The van der Waals surface area contributed by atoms with E-state index in [1.807, 2.05) is 27.7 Å². The Bertz CT molecular complexity index is 578. The fourth-order valence-electron chi connectivity index (χ4n) is 1.97. The first-order chi connectivity index (χ1) is 10.6. The van der Waals surface area contributed by atoms with Gasteiger partial charge in [-0.05, 0) is 26.0 Å². The van der Waals surface area contributed by atoms with E-state index in [4.69, 9.17) is 0 Å². The van der Waals surface area contributed by atoms with Gasteiger partial charge < -0.3 is 5.32 Å². The lowest BCUT2D eigenvalue weighted by Gasteiger charge is -2.12. The zero-order valence-electron chi connectivity index (χ0n) is 14.4. The summed E-state index contributed by atoms with van der Waals surface area (Å²) in [4.78, 5) is 0. The van der Waals surface area contributed by atoms with Gasteiger partial charge in [-0.1, -0.05) is 33.8 Å². The lowest BCUT2D eigenvalue weighted by Crippen LogP contribution is -2.04. The van der Waals surface area contributed by atoms with Crippen LogP contribution in [0.3, 0.4) is 0 Å². The quantitative estimate of drug-likeness (QED) is 0.835. The molecule has 0 unspecified atom stereocenters. The van der Waals surface area contributed by atoms with Crippen LogP contribution >= 0.6 is 0 Å². The lowest BCUT2D eigenvalue weighted by atomic mass is 10.0. The molecule has 22 heavy (non-hydrogen) atoms. The summed E-state index contributed by atoms with van der Waals surface area (Å²) < 4.78 is 27.4. The van der Waals surface area contributed by atoms with Crippen LogP contribution in [0.1, 0.15) is 39.0 Å². The van der Waals surface area contributed by atoms with Crippen molar-refractivity contribution in [1.82, 2.24) is 10.2 Å². The van der Waals surface area contributed by atoms with Gasteiger partial charge in [0.15, 0.2) is 0 Å². The van der Waals surface area contributed by atoms with Crippen molar-refractivity contribution >= 4 is 5.69 Å². The van der Waals surface area contributed by atoms with Crippen molar-refractivity contribution in [3.63, 3.8) is 0 Å². The van der Waals surface area contributed by atoms with Crippen LogP contribution in [-0.4, -0.2) is 17.2 Å². The SMILES string of the molecule is CC.CC.CNc1c(C)nnc(-c2c(F)cccc2F)c1C. The van der Waals surface area contributed by atoms with Crippen molar-refractivity contribution in [2.24, 2.45) is 0 Å². The molecule has 0 fully saturated rings. The van der Waals surface area contributed by atoms with E-state index in [2.05, 4.69) is 15.5 Å². The van der Waals surface area contributed by atoms with Gasteiger partial charge in [-0.2, -0.15) is 5.10 Å². The van der Waals surface area contributed by atoms with Crippen molar-refractivity contribution in [2.75, 3.05) is 12.4 Å². The predicted molar refractivity (Wildman–Crippen MR) is 89.1 cm³/mol. The number of aryl methyl sites for hydroxylation is 1. The average Bonchev–Trinajstić information content (AvgIpc) is 2.53. The topological polar surface area (TPSA) is 37.8 Å². The summed E-state index contributed by atoms with van der Waals surface area (Å²) in [5.41, 5.74) is 2.19. The molecule has 0 saturated heterocycles. The van der Waals surface area contributed by atoms with Crippen molar-refractivity contribution in [3.05, 3.63) is 41.1 Å². The van der Waals surface area contributed by atoms with Crippen molar-refractivity contribution in [1.29, 1.82) is 0 Å². The van der Waals surface area contributed by atoms with E-state index < -0.39 is 11.6 Å². The van der Waals surface area contributed by atoms with Gasteiger partial charge in [-0.15, -0.1) is 5.10 Å². The molecule has 5 heteroatoms. The van der Waals surface area contributed by atoms with Crippen molar-refractivity contribution in [3.8, 4) is 11.3 Å². The molecule has 0 saturated carbocycles. The molecule has 0 aliphatic rings. The van der Waals surface area contributed by atoms with E-state index in [-0.39, 0.29) is 11.3 Å². The minimum Gasteiger partial charge on any atom is -0.386 e. The molecule has 0 amide bonds. The Hall–Kier alpha value is -2.04. The monoisotopic (exact) mass is 309 g/mol. The first-order valence-electron chi connectivity index (χ1n) is 7.52. The fraction of sp³-hybridized carbons (Fsp3) is 0.412. The molecule has 2 rings (SSSR count). The summed E-state index contributed by atoms with van der Waals surface area (Å²) in [5, 5.41) is 10.8. The van der Waals surface area contributed by atoms with Gasteiger partial charge in [0.2, 0.25) is 0 Å². The van der Waals surface area contributed by atoms with E-state index >= 15 is 0 Å². The van der Waals surface area contributed by atoms with Crippen LogP contribution in [0, 0.1) is 25.5 Å². The minimum absolute atomic E-state index is 0.140. The van der Waals surface area contributed by atoms with Gasteiger partial charge in [0.25, 0.3) is 0 Å². The molecular weight excluding hydrogens is 284 g/mol. The summed E-state index contributed by atoms with van der Waals surface area (Å²) >= 11 is 0. The summed E-state index contributed by atoms with van der Waals surface area (Å²) in [6.07, 6.45) is 0. The number of halogens is 2. The van der Waals surface area contributed by atoms with Crippen LogP contribution in [0.4, 0.5) is 14.5 Å². The molecule has 0 bridgehead atoms. The van der Waals surface area contributed by atoms with Crippen LogP contribution < -0.4 is 5.32 Å². The van der Waals surface area contributed by atoms with E-state index in [0.29, 0.717) is 11.3 Å². The van der Waals surface area contributed by atoms with E-state index in [0.717, 1.165) is 5.69 Å². The highest BCUT2D eigenvalue weighted by Crippen LogP contribution is 2.30. The Kier molecular flexibility index (Phi) is 8.91. The second kappa shape index (κ2) is 9.82. The zero-order chi connectivity index (χ0) is 17.3. The second-order valence-corrected chi connectivity index (χ2v) is 3.98. The molecule has 1 aromatic heterocycles.